The molecule has 3 aromatic rings. The van der Waals surface area contributed by atoms with Gasteiger partial charge in [-0.1, -0.05) is 47.5 Å². The third-order valence-electron chi connectivity index (χ3n) is 4.27. The van der Waals surface area contributed by atoms with Crippen LogP contribution in [0.1, 0.15) is 30.5 Å². The van der Waals surface area contributed by atoms with Crippen molar-refractivity contribution in [2.24, 2.45) is 0 Å². The van der Waals surface area contributed by atoms with Crippen molar-refractivity contribution in [3.05, 3.63) is 82.0 Å². The largest absolute Gasteiger partial charge is 0.349 e. The minimum Gasteiger partial charge on any atom is -0.349 e. The Morgan fingerprint density at radius 1 is 1.00 bits per heavy atom. The number of hydrogen-bond acceptors (Lipinski definition) is 3. The van der Waals surface area contributed by atoms with Crippen LogP contribution in [-0.2, 0) is 16.1 Å². The Morgan fingerprint density at radius 3 is 2.24 bits per heavy atom. The normalized spacial score (nSPS) is 11.7. The van der Waals surface area contributed by atoms with Gasteiger partial charge in [0.25, 0.3) is 0 Å². The zero-order chi connectivity index (χ0) is 20.8. The summed E-state index contributed by atoms with van der Waals surface area (Å²) >= 11 is 11.9. The summed E-state index contributed by atoms with van der Waals surface area (Å²) in [6.45, 7) is 1.91. The fourth-order valence-electron chi connectivity index (χ4n) is 2.90. The number of hydrogen-bond donors (Lipinski definition) is 2. The van der Waals surface area contributed by atoms with Gasteiger partial charge in [0.05, 0.1) is 25.2 Å². The Labute approximate surface area is 178 Å². The molecule has 0 fully saturated rings. The van der Waals surface area contributed by atoms with Gasteiger partial charge in [0.2, 0.25) is 11.8 Å². The van der Waals surface area contributed by atoms with Gasteiger partial charge in [-0.25, -0.2) is 4.68 Å². The molecule has 0 saturated heterocycles. The number of amides is 2. The van der Waals surface area contributed by atoms with Gasteiger partial charge in [0.15, 0.2) is 0 Å². The monoisotopic (exact) mass is 430 g/mol. The van der Waals surface area contributed by atoms with Gasteiger partial charge in [-0.05, 0) is 35.4 Å². The molecule has 0 aliphatic heterocycles. The lowest BCUT2D eigenvalue weighted by Gasteiger charge is -2.18. The maximum Gasteiger partial charge on any atom is 0.227 e. The van der Waals surface area contributed by atoms with E-state index in [4.69, 9.17) is 23.2 Å². The standard InChI is InChI=1S/C21H20Cl2N4O2/c1-14(28)25-19(16-4-8-18(23)9-5-16)12-21(29)26-20-10-11-24-27(20)13-15-2-6-17(22)7-3-15/h2-11,19H,12-13H2,1H3,(H,25,28)(H,26,29). The number of carbonyl (C=O) groups excluding carboxylic acids is 2. The van der Waals surface area contributed by atoms with E-state index in [9.17, 15) is 9.59 Å². The highest BCUT2D eigenvalue weighted by Crippen LogP contribution is 2.21. The zero-order valence-corrected chi connectivity index (χ0v) is 17.2. The molecule has 3 rings (SSSR count). The van der Waals surface area contributed by atoms with Crippen molar-refractivity contribution < 1.29 is 9.59 Å². The number of rotatable bonds is 7. The lowest BCUT2D eigenvalue weighted by Crippen LogP contribution is -2.30. The van der Waals surface area contributed by atoms with Crippen molar-refractivity contribution in [1.29, 1.82) is 0 Å². The Morgan fingerprint density at radius 2 is 1.62 bits per heavy atom. The highest BCUT2D eigenvalue weighted by molar-refractivity contribution is 6.30. The summed E-state index contributed by atoms with van der Waals surface area (Å²) in [7, 11) is 0. The Kier molecular flexibility index (Phi) is 6.90. The maximum atomic E-state index is 12.6. The molecule has 0 saturated carbocycles. The first-order valence-corrected chi connectivity index (χ1v) is 9.75. The molecule has 2 aromatic carbocycles. The van der Waals surface area contributed by atoms with Crippen LogP contribution in [0.5, 0.6) is 0 Å². The second kappa shape index (κ2) is 9.58. The van der Waals surface area contributed by atoms with Gasteiger partial charge in [-0.2, -0.15) is 5.10 Å². The predicted octanol–water partition coefficient (Wildman–Crippen LogP) is 4.44. The number of anilines is 1. The lowest BCUT2D eigenvalue weighted by atomic mass is 10.0. The van der Waals surface area contributed by atoms with E-state index in [1.165, 1.54) is 6.92 Å². The van der Waals surface area contributed by atoms with Crippen molar-refractivity contribution in [3.63, 3.8) is 0 Å². The van der Waals surface area contributed by atoms with E-state index in [-0.39, 0.29) is 18.2 Å². The highest BCUT2D eigenvalue weighted by Gasteiger charge is 2.18. The second-order valence-corrected chi connectivity index (χ2v) is 7.43. The molecule has 29 heavy (non-hydrogen) atoms. The maximum absolute atomic E-state index is 12.6. The molecule has 1 aromatic heterocycles. The highest BCUT2D eigenvalue weighted by atomic mass is 35.5. The zero-order valence-electron chi connectivity index (χ0n) is 15.7. The molecule has 6 nitrogen and oxygen atoms in total. The third-order valence-corrected chi connectivity index (χ3v) is 4.77. The fraction of sp³-hybridized carbons (Fsp3) is 0.190. The van der Waals surface area contributed by atoms with E-state index in [2.05, 4.69) is 15.7 Å². The molecule has 0 radical (unpaired) electrons. The fourth-order valence-corrected chi connectivity index (χ4v) is 3.15. The Hall–Kier alpha value is -2.83. The molecule has 150 valence electrons. The van der Waals surface area contributed by atoms with Crippen molar-refractivity contribution in [1.82, 2.24) is 15.1 Å². The van der Waals surface area contributed by atoms with E-state index in [0.717, 1.165) is 11.1 Å². The Bertz CT molecular complexity index is 985. The van der Waals surface area contributed by atoms with Gasteiger partial charge in [0, 0.05) is 23.0 Å². The van der Waals surface area contributed by atoms with Gasteiger partial charge in [-0.15, -0.1) is 0 Å². The quantitative estimate of drug-likeness (QED) is 0.581. The van der Waals surface area contributed by atoms with Gasteiger partial charge in [-0.3, -0.25) is 9.59 Å². The average molecular weight is 431 g/mol. The number of carbonyl (C=O) groups is 2. The van der Waals surface area contributed by atoms with Crippen molar-refractivity contribution in [2.45, 2.75) is 25.9 Å². The van der Waals surface area contributed by atoms with Crippen LogP contribution in [0.2, 0.25) is 10.0 Å². The van der Waals surface area contributed by atoms with E-state index >= 15 is 0 Å². The number of nitrogens with one attached hydrogen (secondary N) is 2. The molecular formula is C21H20Cl2N4O2. The smallest absolute Gasteiger partial charge is 0.227 e. The third kappa shape index (κ3) is 6.07. The number of halogens is 2. The first-order chi connectivity index (χ1) is 13.9. The molecule has 0 spiro atoms. The molecular weight excluding hydrogens is 411 g/mol. The molecule has 1 heterocycles. The van der Waals surface area contributed by atoms with E-state index in [1.807, 2.05) is 24.3 Å². The van der Waals surface area contributed by atoms with Crippen LogP contribution < -0.4 is 10.6 Å². The van der Waals surface area contributed by atoms with Gasteiger partial charge >= 0.3 is 0 Å². The van der Waals surface area contributed by atoms with Gasteiger partial charge in [0.1, 0.15) is 5.82 Å². The van der Waals surface area contributed by atoms with E-state index in [1.54, 1.807) is 41.2 Å². The molecule has 0 aliphatic carbocycles. The van der Waals surface area contributed by atoms with Crippen molar-refractivity contribution >= 4 is 40.8 Å². The lowest BCUT2D eigenvalue weighted by molar-refractivity contribution is -0.120. The molecule has 2 amide bonds. The second-order valence-electron chi connectivity index (χ2n) is 6.56. The first-order valence-electron chi connectivity index (χ1n) is 8.99. The predicted molar refractivity (Wildman–Crippen MR) is 114 cm³/mol. The van der Waals surface area contributed by atoms with Crippen LogP contribution in [0.4, 0.5) is 5.82 Å². The minimum atomic E-state index is -0.461. The first kappa shape index (κ1) is 20.9. The van der Waals surface area contributed by atoms with Crippen LogP contribution in [0.25, 0.3) is 0 Å². The number of nitrogens with zero attached hydrogens (tertiary/aromatic N) is 2. The summed E-state index contributed by atoms with van der Waals surface area (Å²) in [6.07, 6.45) is 1.70. The number of benzene rings is 2. The van der Waals surface area contributed by atoms with Crippen molar-refractivity contribution in [3.8, 4) is 0 Å². The molecule has 8 heteroatoms. The van der Waals surface area contributed by atoms with Crippen molar-refractivity contribution in [2.75, 3.05) is 5.32 Å². The molecule has 0 aliphatic rings. The summed E-state index contributed by atoms with van der Waals surface area (Å²) in [5, 5.41) is 11.2. The molecule has 1 atom stereocenters. The molecule has 0 bridgehead atoms. The summed E-state index contributed by atoms with van der Waals surface area (Å²) in [5.41, 5.74) is 1.81. The Balaban J connectivity index is 1.69. The van der Waals surface area contributed by atoms with E-state index < -0.39 is 6.04 Å². The number of aromatic nitrogens is 2. The van der Waals surface area contributed by atoms with E-state index in [0.29, 0.717) is 22.4 Å². The SMILES string of the molecule is CC(=O)NC(CC(=O)Nc1ccnn1Cc1ccc(Cl)cc1)c1ccc(Cl)cc1. The van der Waals surface area contributed by atoms with Crippen LogP contribution >= 0.6 is 23.2 Å². The summed E-state index contributed by atoms with van der Waals surface area (Å²) in [6, 6.07) is 15.7. The average Bonchev–Trinajstić information content (AvgIpc) is 3.10. The molecule has 2 N–H and O–H groups in total. The topological polar surface area (TPSA) is 76.0 Å². The van der Waals surface area contributed by atoms with Crippen LogP contribution in [0, 0.1) is 0 Å². The van der Waals surface area contributed by atoms with Crippen LogP contribution in [0.3, 0.4) is 0 Å². The molecule has 1 unspecified atom stereocenters. The van der Waals surface area contributed by atoms with Gasteiger partial charge < -0.3 is 10.6 Å². The summed E-state index contributed by atoms with van der Waals surface area (Å²) in [4.78, 5) is 24.2. The van der Waals surface area contributed by atoms with Crippen LogP contribution in [-0.4, -0.2) is 21.6 Å². The summed E-state index contributed by atoms with van der Waals surface area (Å²) in [5.74, 6) is 0.115. The minimum absolute atomic E-state index is 0.0767. The van der Waals surface area contributed by atoms with Crippen LogP contribution in [0.15, 0.2) is 60.8 Å². The summed E-state index contributed by atoms with van der Waals surface area (Å²) < 4.78 is 1.69.